The van der Waals surface area contributed by atoms with E-state index in [1.807, 2.05) is 48.5 Å². The molecule has 158 valence electrons. The lowest BCUT2D eigenvalue weighted by molar-refractivity contribution is -0.277. The lowest BCUT2D eigenvalue weighted by Gasteiger charge is -2.39. The molecule has 0 unspecified atom stereocenters. The molecule has 1 aliphatic heterocycles. The molecule has 1 saturated heterocycles. The van der Waals surface area contributed by atoms with Crippen LogP contribution in [0, 0.1) is 0 Å². The van der Waals surface area contributed by atoms with Crippen LogP contribution in [0.1, 0.15) is 11.1 Å². The fraction of sp³-hybridized carbons (Fsp3) is 0.333. The van der Waals surface area contributed by atoms with Crippen LogP contribution >= 0.6 is 0 Å². The van der Waals surface area contributed by atoms with Gasteiger partial charge in [0.05, 0.1) is 6.61 Å². The molecule has 3 aromatic rings. The van der Waals surface area contributed by atoms with Gasteiger partial charge in [0.25, 0.3) is 0 Å². The van der Waals surface area contributed by atoms with Crippen LogP contribution in [0.25, 0.3) is 10.8 Å². The smallest absolute Gasteiger partial charge is 0.229 e. The summed E-state index contributed by atoms with van der Waals surface area (Å²) < 4.78 is 11.5. The SMILES string of the molecule is OC[C@H]1O[C@@H](Oc2cccc3cccc(CCc4ccccc4)c23)[C@H](O)[C@@H](O)[C@@H]1O. The first-order valence-corrected chi connectivity index (χ1v) is 10.1. The lowest BCUT2D eigenvalue weighted by atomic mass is 9.97. The van der Waals surface area contributed by atoms with Gasteiger partial charge < -0.3 is 29.9 Å². The molecule has 0 bridgehead atoms. The minimum atomic E-state index is -1.48. The van der Waals surface area contributed by atoms with Crippen molar-refractivity contribution in [3.8, 4) is 5.75 Å². The van der Waals surface area contributed by atoms with Crippen molar-refractivity contribution in [1.82, 2.24) is 0 Å². The molecule has 0 spiro atoms. The normalized spacial score (nSPS) is 26.6. The van der Waals surface area contributed by atoms with Crippen LogP contribution in [0.5, 0.6) is 5.75 Å². The first-order valence-electron chi connectivity index (χ1n) is 10.1. The van der Waals surface area contributed by atoms with E-state index in [2.05, 4.69) is 12.1 Å². The topological polar surface area (TPSA) is 99.4 Å². The molecular weight excluding hydrogens is 384 g/mol. The zero-order valence-corrected chi connectivity index (χ0v) is 16.5. The first-order chi connectivity index (χ1) is 14.6. The maximum atomic E-state index is 10.3. The Morgan fingerprint density at radius 2 is 1.50 bits per heavy atom. The summed E-state index contributed by atoms with van der Waals surface area (Å²) in [5, 5.41) is 41.7. The number of aliphatic hydroxyl groups excluding tert-OH is 4. The van der Waals surface area contributed by atoms with Crippen LogP contribution in [0.15, 0.2) is 66.7 Å². The lowest BCUT2D eigenvalue weighted by Crippen LogP contribution is -2.60. The first kappa shape index (κ1) is 20.8. The summed E-state index contributed by atoms with van der Waals surface area (Å²) >= 11 is 0. The van der Waals surface area contributed by atoms with Crippen LogP contribution in [0.2, 0.25) is 0 Å². The van der Waals surface area contributed by atoms with Crippen LogP contribution in [0.4, 0.5) is 0 Å². The van der Waals surface area contributed by atoms with Crippen molar-refractivity contribution in [3.05, 3.63) is 77.9 Å². The van der Waals surface area contributed by atoms with Gasteiger partial charge in [-0.15, -0.1) is 0 Å². The molecule has 1 heterocycles. The second-order valence-corrected chi connectivity index (χ2v) is 7.57. The molecule has 1 fully saturated rings. The van der Waals surface area contributed by atoms with Gasteiger partial charge in [-0.1, -0.05) is 60.7 Å². The molecule has 0 radical (unpaired) electrons. The third-order valence-electron chi connectivity index (χ3n) is 5.57. The summed E-state index contributed by atoms with van der Waals surface area (Å²) in [5.41, 5.74) is 2.33. The number of rotatable bonds is 6. The van der Waals surface area contributed by atoms with E-state index >= 15 is 0 Å². The Hall–Kier alpha value is -2.48. The van der Waals surface area contributed by atoms with Gasteiger partial charge in [0.1, 0.15) is 30.2 Å². The summed E-state index contributed by atoms with van der Waals surface area (Å²) in [4.78, 5) is 0. The summed E-state index contributed by atoms with van der Waals surface area (Å²) in [5.74, 6) is 0.514. The molecule has 6 nitrogen and oxygen atoms in total. The molecule has 5 atom stereocenters. The summed E-state index contributed by atoms with van der Waals surface area (Å²) in [7, 11) is 0. The Labute approximate surface area is 174 Å². The predicted octanol–water partition coefficient (Wildman–Crippen LogP) is 1.80. The number of benzene rings is 3. The van der Waals surface area contributed by atoms with Crippen LogP contribution in [0.3, 0.4) is 0 Å². The second kappa shape index (κ2) is 9.12. The van der Waals surface area contributed by atoms with Crippen LogP contribution in [-0.2, 0) is 17.6 Å². The number of hydrogen-bond donors (Lipinski definition) is 4. The molecule has 6 heteroatoms. The Morgan fingerprint density at radius 1 is 0.767 bits per heavy atom. The summed E-state index contributed by atoms with van der Waals surface area (Å²) in [6.45, 7) is -0.497. The van der Waals surface area contributed by atoms with E-state index in [0.29, 0.717) is 5.75 Å². The van der Waals surface area contributed by atoms with E-state index < -0.39 is 37.3 Å². The standard InChI is InChI=1S/C24H26O6/c25-14-19-21(26)22(27)23(28)24(30-19)29-18-11-5-10-16-8-4-9-17(20(16)18)13-12-15-6-2-1-3-7-15/h1-11,19,21-28H,12-14H2/t19-,21-,22+,23-,24-/m1/s1. The van der Waals surface area contributed by atoms with Gasteiger partial charge in [-0.3, -0.25) is 0 Å². The number of ether oxygens (including phenoxy) is 2. The summed E-state index contributed by atoms with van der Waals surface area (Å²) in [6, 6.07) is 21.9. The Morgan fingerprint density at radius 3 is 2.23 bits per heavy atom. The zero-order valence-electron chi connectivity index (χ0n) is 16.5. The number of fused-ring (bicyclic) bond motifs is 1. The van der Waals surface area contributed by atoms with Crippen molar-refractivity contribution < 1.29 is 29.9 Å². The van der Waals surface area contributed by atoms with Crippen molar-refractivity contribution in [2.24, 2.45) is 0 Å². The molecule has 0 saturated carbocycles. The van der Waals surface area contributed by atoms with Crippen molar-refractivity contribution >= 4 is 10.8 Å². The second-order valence-electron chi connectivity index (χ2n) is 7.57. The van der Waals surface area contributed by atoms with Crippen molar-refractivity contribution in [1.29, 1.82) is 0 Å². The van der Waals surface area contributed by atoms with Gasteiger partial charge >= 0.3 is 0 Å². The van der Waals surface area contributed by atoms with E-state index in [0.717, 1.165) is 29.2 Å². The number of aliphatic hydroxyl groups is 4. The van der Waals surface area contributed by atoms with Crippen molar-refractivity contribution in [2.45, 2.75) is 43.5 Å². The van der Waals surface area contributed by atoms with Crippen molar-refractivity contribution in [2.75, 3.05) is 6.61 Å². The number of aryl methyl sites for hydroxylation is 2. The number of hydrogen-bond acceptors (Lipinski definition) is 6. The Kier molecular flexibility index (Phi) is 6.32. The van der Waals surface area contributed by atoms with Crippen LogP contribution in [-0.4, -0.2) is 57.7 Å². The average molecular weight is 410 g/mol. The van der Waals surface area contributed by atoms with Gasteiger partial charge in [0.2, 0.25) is 6.29 Å². The third-order valence-corrected chi connectivity index (χ3v) is 5.57. The van der Waals surface area contributed by atoms with E-state index in [1.165, 1.54) is 5.56 Å². The van der Waals surface area contributed by atoms with E-state index in [9.17, 15) is 20.4 Å². The minimum absolute atomic E-state index is 0.497. The third kappa shape index (κ3) is 4.19. The molecule has 4 N–H and O–H groups in total. The highest BCUT2D eigenvalue weighted by Gasteiger charge is 2.44. The molecule has 0 aliphatic carbocycles. The molecular formula is C24H26O6. The highest BCUT2D eigenvalue weighted by molar-refractivity contribution is 5.91. The van der Waals surface area contributed by atoms with Gasteiger partial charge in [0, 0.05) is 5.39 Å². The minimum Gasteiger partial charge on any atom is -0.461 e. The zero-order chi connectivity index (χ0) is 21.1. The average Bonchev–Trinajstić information content (AvgIpc) is 2.78. The monoisotopic (exact) mass is 410 g/mol. The van der Waals surface area contributed by atoms with Gasteiger partial charge in [-0.05, 0) is 35.4 Å². The maximum absolute atomic E-state index is 10.3. The molecule has 0 aromatic heterocycles. The Bertz CT molecular complexity index is 969. The van der Waals surface area contributed by atoms with E-state index in [-0.39, 0.29) is 0 Å². The highest BCUT2D eigenvalue weighted by atomic mass is 16.7. The van der Waals surface area contributed by atoms with Gasteiger partial charge in [-0.25, -0.2) is 0 Å². The quantitative estimate of drug-likeness (QED) is 0.495. The largest absolute Gasteiger partial charge is 0.461 e. The van der Waals surface area contributed by atoms with E-state index in [4.69, 9.17) is 9.47 Å². The molecule has 4 rings (SSSR count). The fourth-order valence-electron chi connectivity index (χ4n) is 3.90. The molecule has 0 amide bonds. The summed E-state index contributed by atoms with van der Waals surface area (Å²) in [6.07, 6.45) is -4.90. The maximum Gasteiger partial charge on any atom is 0.229 e. The molecule has 30 heavy (non-hydrogen) atoms. The Balaban J connectivity index is 1.62. The molecule has 1 aliphatic rings. The van der Waals surface area contributed by atoms with Crippen molar-refractivity contribution in [3.63, 3.8) is 0 Å². The molecule has 3 aromatic carbocycles. The van der Waals surface area contributed by atoms with Gasteiger partial charge in [-0.2, -0.15) is 0 Å². The fourth-order valence-corrected chi connectivity index (χ4v) is 3.90. The van der Waals surface area contributed by atoms with Crippen LogP contribution < -0.4 is 4.74 Å². The predicted molar refractivity (Wildman–Crippen MR) is 112 cm³/mol. The van der Waals surface area contributed by atoms with E-state index in [1.54, 1.807) is 6.07 Å². The van der Waals surface area contributed by atoms with Gasteiger partial charge in [0.15, 0.2) is 0 Å². The highest BCUT2D eigenvalue weighted by Crippen LogP contribution is 2.33.